The molecule has 1 aliphatic heterocycles. The number of ether oxygens (including phenoxy) is 1. The van der Waals surface area contributed by atoms with E-state index in [9.17, 15) is 0 Å². The molecule has 1 atom stereocenters. The van der Waals surface area contributed by atoms with E-state index in [1.54, 1.807) is 0 Å². The molecule has 0 aromatic heterocycles. The maximum Gasteiger partial charge on any atom is 0.0661 e. The summed E-state index contributed by atoms with van der Waals surface area (Å²) >= 11 is 0. The Kier molecular flexibility index (Phi) is 5.02. The average molecular weight is 248 g/mol. The number of rotatable bonds is 6. The van der Waals surface area contributed by atoms with Crippen molar-refractivity contribution in [3.63, 3.8) is 0 Å². The van der Waals surface area contributed by atoms with Crippen LogP contribution in [-0.4, -0.2) is 33.4 Å². The SMILES string of the molecule is CCOCC(NC)c1ccc(N2CCCC2)cc1. The van der Waals surface area contributed by atoms with Crippen molar-refractivity contribution in [3.8, 4) is 0 Å². The third-order valence-corrected chi connectivity index (χ3v) is 3.60. The van der Waals surface area contributed by atoms with Gasteiger partial charge in [-0.05, 0) is 44.5 Å². The Morgan fingerprint density at radius 1 is 1.22 bits per heavy atom. The maximum atomic E-state index is 5.50. The van der Waals surface area contributed by atoms with Crippen molar-refractivity contribution in [3.05, 3.63) is 29.8 Å². The van der Waals surface area contributed by atoms with Crippen molar-refractivity contribution in [1.82, 2.24) is 5.32 Å². The summed E-state index contributed by atoms with van der Waals surface area (Å²) in [5.41, 5.74) is 2.65. The van der Waals surface area contributed by atoms with Crippen molar-refractivity contribution in [1.29, 1.82) is 0 Å². The molecule has 3 heteroatoms. The van der Waals surface area contributed by atoms with Crippen LogP contribution in [0.25, 0.3) is 0 Å². The van der Waals surface area contributed by atoms with Gasteiger partial charge < -0.3 is 15.0 Å². The van der Waals surface area contributed by atoms with Crippen LogP contribution in [0.4, 0.5) is 5.69 Å². The highest BCUT2D eigenvalue weighted by atomic mass is 16.5. The fraction of sp³-hybridized carbons (Fsp3) is 0.600. The number of hydrogen-bond donors (Lipinski definition) is 1. The van der Waals surface area contributed by atoms with Gasteiger partial charge in [0.25, 0.3) is 0 Å². The molecule has 0 radical (unpaired) electrons. The first-order valence-corrected chi connectivity index (χ1v) is 6.95. The fourth-order valence-corrected chi connectivity index (χ4v) is 2.47. The first kappa shape index (κ1) is 13.4. The molecule has 0 saturated carbocycles. The summed E-state index contributed by atoms with van der Waals surface area (Å²) in [5, 5.41) is 3.30. The Bertz CT molecular complexity index is 344. The van der Waals surface area contributed by atoms with Crippen LogP contribution in [0.1, 0.15) is 31.4 Å². The number of nitrogens with zero attached hydrogens (tertiary/aromatic N) is 1. The standard InChI is InChI=1S/C15H24N2O/c1-3-18-12-15(16-2)13-6-8-14(9-7-13)17-10-4-5-11-17/h6-9,15-16H,3-5,10-12H2,1-2H3. The van der Waals surface area contributed by atoms with Gasteiger partial charge in [0, 0.05) is 25.4 Å². The monoisotopic (exact) mass is 248 g/mol. The lowest BCUT2D eigenvalue weighted by Gasteiger charge is -2.20. The minimum atomic E-state index is 0.289. The lowest BCUT2D eigenvalue weighted by Crippen LogP contribution is -2.22. The minimum Gasteiger partial charge on any atom is -0.380 e. The lowest BCUT2D eigenvalue weighted by atomic mass is 10.1. The first-order valence-electron chi connectivity index (χ1n) is 6.95. The molecule has 100 valence electrons. The molecule has 1 aromatic carbocycles. The van der Waals surface area contributed by atoms with Crippen LogP contribution in [0, 0.1) is 0 Å². The summed E-state index contributed by atoms with van der Waals surface area (Å²) in [6.45, 7) is 5.94. The third kappa shape index (κ3) is 3.24. The highest BCUT2D eigenvalue weighted by molar-refractivity contribution is 5.48. The molecular weight excluding hydrogens is 224 g/mol. The van der Waals surface area contributed by atoms with E-state index < -0.39 is 0 Å². The molecule has 1 fully saturated rings. The number of hydrogen-bond acceptors (Lipinski definition) is 3. The topological polar surface area (TPSA) is 24.5 Å². The number of benzene rings is 1. The quantitative estimate of drug-likeness (QED) is 0.837. The zero-order chi connectivity index (χ0) is 12.8. The molecule has 2 rings (SSSR count). The molecule has 1 N–H and O–H groups in total. The van der Waals surface area contributed by atoms with E-state index in [0.29, 0.717) is 0 Å². The summed E-state index contributed by atoms with van der Waals surface area (Å²) < 4.78 is 5.50. The molecule has 0 aliphatic carbocycles. The van der Waals surface area contributed by atoms with Crippen LogP contribution in [-0.2, 0) is 4.74 Å². The molecule has 0 amide bonds. The largest absolute Gasteiger partial charge is 0.380 e. The van der Waals surface area contributed by atoms with Crippen molar-refractivity contribution in [2.24, 2.45) is 0 Å². The van der Waals surface area contributed by atoms with Gasteiger partial charge in [-0.2, -0.15) is 0 Å². The first-order chi connectivity index (χ1) is 8.85. The summed E-state index contributed by atoms with van der Waals surface area (Å²) in [5.74, 6) is 0. The van der Waals surface area contributed by atoms with Crippen LogP contribution in [0.15, 0.2) is 24.3 Å². The molecule has 1 heterocycles. The molecule has 1 aromatic rings. The second-order valence-electron chi connectivity index (χ2n) is 4.79. The van der Waals surface area contributed by atoms with Crippen molar-refractivity contribution in [2.75, 3.05) is 38.3 Å². The van der Waals surface area contributed by atoms with Gasteiger partial charge in [-0.1, -0.05) is 12.1 Å². The fourth-order valence-electron chi connectivity index (χ4n) is 2.47. The van der Waals surface area contributed by atoms with E-state index in [2.05, 4.69) is 34.5 Å². The second-order valence-corrected chi connectivity index (χ2v) is 4.79. The third-order valence-electron chi connectivity index (χ3n) is 3.60. The highest BCUT2D eigenvalue weighted by Gasteiger charge is 2.13. The average Bonchev–Trinajstić information content (AvgIpc) is 2.94. The maximum absolute atomic E-state index is 5.50. The summed E-state index contributed by atoms with van der Waals surface area (Å²) in [6, 6.07) is 9.19. The van der Waals surface area contributed by atoms with Crippen LogP contribution in [0.3, 0.4) is 0 Å². The zero-order valence-corrected chi connectivity index (χ0v) is 11.5. The van der Waals surface area contributed by atoms with Crippen LogP contribution in [0.2, 0.25) is 0 Å². The van der Waals surface area contributed by atoms with E-state index >= 15 is 0 Å². The molecule has 1 saturated heterocycles. The van der Waals surface area contributed by atoms with E-state index in [-0.39, 0.29) is 6.04 Å². The van der Waals surface area contributed by atoms with Crippen molar-refractivity contribution >= 4 is 5.69 Å². The number of likely N-dealkylation sites (N-methyl/N-ethyl adjacent to an activating group) is 1. The van der Waals surface area contributed by atoms with Crippen molar-refractivity contribution in [2.45, 2.75) is 25.8 Å². The Morgan fingerprint density at radius 2 is 1.89 bits per heavy atom. The van der Waals surface area contributed by atoms with Gasteiger partial charge in [0.05, 0.1) is 12.6 Å². The normalized spacial score (nSPS) is 17.1. The van der Waals surface area contributed by atoms with E-state index in [1.807, 2.05) is 14.0 Å². The highest BCUT2D eigenvalue weighted by Crippen LogP contribution is 2.22. The molecule has 3 nitrogen and oxygen atoms in total. The zero-order valence-electron chi connectivity index (χ0n) is 11.5. The van der Waals surface area contributed by atoms with Gasteiger partial charge >= 0.3 is 0 Å². The van der Waals surface area contributed by atoms with Crippen LogP contribution >= 0.6 is 0 Å². The Labute approximate surface area is 110 Å². The predicted octanol–water partition coefficient (Wildman–Crippen LogP) is 2.58. The summed E-state index contributed by atoms with van der Waals surface area (Å²) in [6.07, 6.45) is 2.65. The minimum absolute atomic E-state index is 0.289. The smallest absolute Gasteiger partial charge is 0.0661 e. The van der Waals surface area contributed by atoms with E-state index in [0.717, 1.165) is 13.2 Å². The lowest BCUT2D eigenvalue weighted by molar-refractivity contribution is 0.125. The van der Waals surface area contributed by atoms with E-state index in [1.165, 1.54) is 37.2 Å². The molecular formula is C15H24N2O. The molecule has 18 heavy (non-hydrogen) atoms. The van der Waals surface area contributed by atoms with Crippen LogP contribution < -0.4 is 10.2 Å². The van der Waals surface area contributed by atoms with Gasteiger partial charge in [-0.3, -0.25) is 0 Å². The van der Waals surface area contributed by atoms with E-state index in [4.69, 9.17) is 4.74 Å². The van der Waals surface area contributed by atoms with Gasteiger partial charge in [0.2, 0.25) is 0 Å². The second kappa shape index (κ2) is 6.76. The summed E-state index contributed by atoms with van der Waals surface area (Å²) in [4.78, 5) is 2.46. The van der Waals surface area contributed by atoms with Gasteiger partial charge in [-0.25, -0.2) is 0 Å². The molecule has 0 bridgehead atoms. The summed E-state index contributed by atoms with van der Waals surface area (Å²) in [7, 11) is 1.98. The molecule has 1 unspecified atom stereocenters. The number of nitrogens with one attached hydrogen (secondary N) is 1. The molecule has 0 spiro atoms. The van der Waals surface area contributed by atoms with Crippen molar-refractivity contribution < 1.29 is 4.74 Å². The Morgan fingerprint density at radius 3 is 2.44 bits per heavy atom. The molecule has 1 aliphatic rings. The van der Waals surface area contributed by atoms with Crippen LogP contribution in [0.5, 0.6) is 0 Å². The van der Waals surface area contributed by atoms with Gasteiger partial charge in [0.1, 0.15) is 0 Å². The Balaban J connectivity index is 2.00. The van der Waals surface area contributed by atoms with Gasteiger partial charge in [0.15, 0.2) is 0 Å². The Hall–Kier alpha value is -1.06. The number of anilines is 1. The predicted molar refractivity (Wildman–Crippen MR) is 76.2 cm³/mol. The van der Waals surface area contributed by atoms with Gasteiger partial charge in [-0.15, -0.1) is 0 Å².